The Kier molecular flexibility index (Phi) is 4.39. The molecule has 0 aromatic carbocycles. The van der Waals surface area contributed by atoms with Crippen LogP contribution in [0.5, 0.6) is 0 Å². The van der Waals surface area contributed by atoms with Crippen molar-refractivity contribution in [1.82, 2.24) is 0 Å². The average molecular weight is 112 g/mol. The molecule has 0 aliphatic carbocycles. The summed E-state index contributed by atoms with van der Waals surface area (Å²) < 4.78 is 5.11. The molecule has 46 valence electrons. The average Bonchev–Trinajstić information content (AvgIpc) is 1.68. The Morgan fingerprint density at radius 1 is 1.62 bits per heavy atom. The minimum atomic E-state index is 0.102. The van der Waals surface area contributed by atoms with Crippen LogP contribution in [-0.4, -0.2) is 12.7 Å². The maximum absolute atomic E-state index is 5.11. The second-order valence-corrected chi connectivity index (χ2v) is 1.49. The highest BCUT2D eigenvalue weighted by molar-refractivity contribution is 5.00. The Bertz CT molecular complexity index is 96.7. The molecule has 0 amide bonds. The first kappa shape index (κ1) is 7.52. The molecule has 0 N–H and O–H groups in total. The van der Waals surface area contributed by atoms with Crippen molar-refractivity contribution in [3.8, 4) is 11.8 Å². The van der Waals surface area contributed by atoms with Gasteiger partial charge >= 0.3 is 0 Å². The lowest BCUT2D eigenvalue weighted by Crippen LogP contribution is -2.03. The largest absolute Gasteiger partial charge is 0.366 e. The summed E-state index contributed by atoms with van der Waals surface area (Å²) in [6.07, 6.45) is 0.102. The van der Waals surface area contributed by atoms with Crippen LogP contribution in [0.3, 0.4) is 0 Å². The maximum Gasteiger partial charge on any atom is 0.115 e. The van der Waals surface area contributed by atoms with E-state index in [0.29, 0.717) is 0 Å². The van der Waals surface area contributed by atoms with Crippen LogP contribution in [0.25, 0.3) is 0 Å². The molecule has 0 fully saturated rings. The molecule has 0 radical (unpaired) electrons. The van der Waals surface area contributed by atoms with Gasteiger partial charge in [0.15, 0.2) is 0 Å². The third kappa shape index (κ3) is 3.70. The summed E-state index contributed by atoms with van der Waals surface area (Å²) in [6, 6.07) is 0. The fourth-order valence-electron chi connectivity index (χ4n) is 0.495. The van der Waals surface area contributed by atoms with E-state index in [4.69, 9.17) is 4.74 Å². The predicted octanol–water partition coefficient (Wildman–Crippen LogP) is 1.43. The SMILES string of the molecule is CC#CC(C)OCC. The number of ether oxygens (including phenoxy) is 1. The van der Waals surface area contributed by atoms with Gasteiger partial charge in [0.2, 0.25) is 0 Å². The van der Waals surface area contributed by atoms with E-state index in [1.54, 1.807) is 0 Å². The van der Waals surface area contributed by atoms with E-state index in [1.165, 1.54) is 0 Å². The Balaban J connectivity index is 3.27. The smallest absolute Gasteiger partial charge is 0.115 e. The lowest BCUT2D eigenvalue weighted by atomic mass is 10.4. The molecule has 0 rings (SSSR count). The molecule has 8 heavy (non-hydrogen) atoms. The fraction of sp³-hybridized carbons (Fsp3) is 0.714. The highest BCUT2D eigenvalue weighted by atomic mass is 16.5. The summed E-state index contributed by atoms with van der Waals surface area (Å²) in [5, 5.41) is 0. The third-order valence-corrected chi connectivity index (χ3v) is 0.764. The van der Waals surface area contributed by atoms with Gasteiger partial charge in [-0.15, -0.1) is 5.92 Å². The summed E-state index contributed by atoms with van der Waals surface area (Å²) in [4.78, 5) is 0. The van der Waals surface area contributed by atoms with Gasteiger partial charge in [-0.1, -0.05) is 5.92 Å². The zero-order valence-electron chi connectivity index (χ0n) is 5.69. The quantitative estimate of drug-likeness (QED) is 0.491. The van der Waals surface area contributed by atoms with Gasteiger partial charge in [-0.25, -0.2) is 0 Å². The molecule has 1 atom stereocenters. The summed E-state index contributed by atoms with van der Waals surface area (Å²) in [5.74, 6) is 5.65. The van der Waals surface area contributed by atoms with Crippen LogP contribution in [0, 0.1) is 11.8 Å². The van der Waals surface area contributed by atoms with Gasteiger partial charge in [-0.2, -0.15) is 0 Å². The third-order valence-electron chi connectivity index (χ3n) is 0.764. The molecular formula is C7H12O. The van der Waals surface area contributed by atoms with Crippen molar-refractivity contribution in [2.45, 2.75) is 26.9 Å². The first-order valence-corrected chi connectivity index (χ1v) is 2.85. The van der Waals surface area contributed by atoms with Crippen molar-refractivity contribution in [3.63, 3.8) is 0 Å². The van der Waals surface area contributed by atoms with Gasteiger partial charge in [0.25, 0.3) is 0 Å². The maximum atomic E-state index is 5.11. The van der Waals surface area contributed by atoms with Crippen LogP contribution in [0.4, 0.5) is 0 Å². The van der Waals surface area contributed by atoms with Crippen molar-refractivity contribution in [2.75, 3.05) is 6.61 Å². The molecule has 0 heterocycles. The van der Waals surface area contributed by atoms with E-state index in [9.17, 15) is 0 Å². The monoisotopic (exact) mass is 112 g/mol. The van der Waals surface area contributed by atoms with Crippen LogP contribution in [-0.2, 0) is 4.74 Å². The van der Waals surface area contributed by atoms with Crippen molar-refractivity contribution >= 4 is 0 Å². The lowest BCUT2D eigenvalue weighted by Gasteiger charge is -2.00. The number of hydrogen-bond acceptors (Lipinski definition) is 1. The zero-order chi connectivity index (χ0) is 6.41. The molecular weight excluding hydrogens is 100 g/mol. The van der Waals surface area contributed by atoms with E-state index >= 15 is 0 Å². The molecule has 0 saturated heterocycles. The number of rotatable bonds is 2. The first-order valence-electron chi connectivity index (χ1n) is 2.85. The van der Waals surface area contributed by atoms with E-state index in [2.05, 4.69) is 11.8 Å². The molecule has 1 nitrogen and oxygen atoms in total. The highest BCUT2D eigenvalue weighted by Crippen LogP contribution is 1.84. The van der Waals surface area contributed by atoms with Crippen LogP contribution in [0.1, 0.15) is 20.8 Å². The van der Waals surface area contributed by atoms with Gasteiger partial charge in [-0.3, -0.25) is 0 Å². The minimum absolute atomic E-state index is 0.102. The van der Waals surface area contributed by atoms with E-state index in [1.807, 2.05) is 20.8 Å². The standard InChI is InChI=1S/C7H12O/c1-4-6-7(3)8-5-2/h7H,5H2,1-3H3. The normalized spacial score (nSPS) is 11.9. The summed E-state index contributed by atoms with van der Waals surface area (Å²) >= 11 is 0. The predicted molar refractivity (Wildman–Crippen MR) is 34.5 cm³/mol. The Morgan fingerprint density at radius 3 is 2.62 bits per heavy atom. The summed E-state index contributed by atoms with van der Waals surface area (Å²) in [7, 11) is 0. The Labute approximate surface area is 51.0 Å². The Morgan fingerprint density at radius 2 is 2.25 bits per heavy atom. The zero-order valence-corrected chi connectivity index (χ0v) is 5.69. The van der Waals surface area contributed by atoms with Crippen LogP contribution < -0.4 is 0 Å². The van der Waals surface area contributed by atoms with E-state index in [0.717, 1.165) is 6.61 Å². The Hall–Kier alpha value is -0.480. The highest BCUT2D eigenvalue weighted by Gasteiger charge is 1.89. The lowest BCUT2D eigenvalue weighted by molar-refractivity contribution is 0.116. The van der Waals surface area contributed by atoms with Crippen molar-refractivity contribution in [2.24, 2.45) is 0 Å². The molecule has 1 heteroatoms. The van der Waals surface area contributed by atoms with Crippen molar-refractivity contribution in [1.29, 1.82) is 0 Å². The molecule has 0 aliphatic heterocycles. The molecule has 1 unspecified atom stereocenters. The van der Waals surface area contributed by atoms with E-state index < -0.39 is 0 Å². The molecule has 0 aromatic heterocycles. The molecule has 0 aliphatic rings. The molecule has 0 bridgehead atoms. The van der Waals surface area contributed by atoms with E-state index in [-0.39, 0.29) is 6.10 Å². The van der Waals surface area contributed by atoms with Gasteiger partial charge in [-0.05, 0) is 20.8 Å². The van der Waals surface area contributed by atoms with Crippen molar-refractivity contribution in [3.05, 3.63) is 0 Å². The fourth-order valence-corrected chi connectivity index (χ4v) is 0.495. The second kappa shape index (κ2) is 4.67. The minimum Gasteiger partial charge on any atom is -0.366 e. The molecule has 0 spiro atoms. The van der Waals surface area contributed by atoms with Crippen LogP contribution in [0.2, 0.25) is 0 Å². The topological polar surface area (TPSA) is 9.23 Å². The molecule has 0 aromatic rings. The van der Waals surface area contributed by atoms with Crippen LogP contribution >= 0.6 is 0 Å². The molecule has 0 saturated carbocycles. The van der Waals surface area contributed by atoms with Gasteiger partial charge in [0.1, 0.15) is 6.10 Å². The first-order chi connectivity index (χ1) is 3.81. The second-order valence-electron chi connectivity index (χ2n) is 1.49. The number of hydrogen-bond donors (Lipinski definition) is 0. The summed E-state index contributed by atoms with van der Waals surface area (Å²) in [6.45, 7) is 6.47. The van der Waals surface area contributed by atoms with Gasteiger partial charge < -0.3 is 4.74 Å². The summed E-state index contributed by atoms with van der Waals surface area (Å²) in [5.41, 5.74) is 0. The van der Waals surface area contributed by atoms with Crippen molar-refractivity contribution < 1.29 is 4.74 Å². The van der Waals surface area contributed by atoms with Gasteiger partial charge in [0.05, 0.1) is 0 Å². The van der Waals surface area contributed by atoms with Gasteiger partial charge in [0, 0.05) is 6.61 Å². The van der Waals surface area contributed by atoms with Crippen LogP contribution in [0.15, 0.2) is 0 Å².